The number of esters is 1. The van der Waals surface area contributed by atoms with E-state index in [1.54, 1.807) is 38.1 Å². The molecule has 2 heterocycles. The molecule has 8 nitrogen and oxygen atoms in total. The molecule has 0 spiro atoms. The van der Waals surface area contributed by atoms with Crippen molar-refractivity contribution >= 4 is 17.7 Å². The van der Waals surface area contributed by atoms with Gasteiger partial charge in [0.15, 0.2) is 0 Å². The number of nitrogens with one attached hydrogen (secondary N) is 1. The molecular formula is C23H20N4O4S. The Morgan fingerprint density at radius 1 is 1.28 bits per heavy atom. The Morgan fingerprint density at radius 3 is 2.62 bits per heavy atom. The van der Waals surface area contributed by atoms with Gasteiger partial charge < -0.3 is 20.2 Å². The zero-order chi connectivity index (χ0) is 23.3. The summed E-state index contributed by atoms with van der Waals surface area (Å²) in [6, 6.07) is 14.5. The van der Waals surface area contributed by atoms with Crippen molar-refractivity contribution in [2.45, 2.75) is 24.8 Å². The van der Waals surface area contributed by atoms with E-state index in [0.29, 0.717) is 21.7 Å². The predicted molar refractivity (Wildman–Crippen MR) is 118 cm³/mol. The molecule has 0 amide bonds. The minimum Gasteiger partial charge on any atom is -0.463 e. The Balaban J connectivity index is 2.11. The summed E-state index contributed by atoms with van der Waals surface area (Å²) < 4.78 is 11.0. The highest BCUT2D eigenvalue weighted by Gasteiger charge is 2.37. The number of pyridine rings is 1. The molecule has 1 aliphatic rings. The molecule has 0 radical (unpaired) electrons. The summed E-state index contributed by atoms with van der Waals surface area (Å²) in [5.41, 5.74) is 7.51. The van der Waals surface area contributed by atoms with Gasteiger partial charge in [-0.15, -0.1) is 0 Å². The molecule has 0 bridgehead atoms. The number of allylic oxidation sites excluding steroid dienone is 1. The Morgan fingerprint density at radius 2 is 2.00 bits per heavy atom. The molecule has 0 saturated carbocycles. The van der Waals surface area contributed by atoms with E-state index in [2.05, 4.69) is 11.1 Å². The highest BCUT2D eigenvalue weighted by atomic mass is 32.2. The molecule has 2 aromatic rings. The van der Waals surface area contributed by atoms with Gasteiger partial charge >= 0.3 is 5.97 Å². The maximum Gasteiger partial charge on any atom is 0.338 e. The number of thioether (sulfide) groups is 1. The number of aromatic nitrogens is 1. The molecule has 1 aromatic heterocycles. The van der Waals surface area contributed by atoms with Crippen LogP contribution in [0, 0.1) is 29.6 Å². The molecule has 162 valence electrons. The van der Waals surface area contributed by atoms with E-state index in [4.69, 9.17) is 15.2 Å². The summed E-state index contributed by atoms with van der Waals surface area (Å²) in [6.45, 7) is 3.49. The average Bonchev–Trinajstić information content (AvgIpc) is 2.77. The van der Waals surface area contributed by atoms with Crippen LogP contribution in [0.5, 0.6) is 0 Å². The van der Waals surface area contributed by atoms with Crippen LogP contribution in [0.3, 0.4) is 0 Å². The number of aromatic amines is 1. The fourth-order valence-corrected chi connectivity index (χ4v) is 4.39. The van der Waals surface area contributed by atoms with Gasteiger partial charge in [0, 0.05) is 6.07 Å². The van der Waals surface area contributed by atoms with Crippen molar-refractivity contribution in [2.24, 2.45) is 5.73 Å². The molecule has 1 aliphatic heterocycles. The first-order chi connectivity index (χ1) is 15.4. The van der Waals surface area contributed by atoms with Crippen LogP contribution in [0.15, 0.2) is 69.0 Å². The van der Waals surface area contributed by atoms with Crippen molar-refractivity contribution in [1.82, 2.24) is 4.98 Å². The van der Waals surface area contributed by atoms with Crippen molar-refractivity contribution in [3.63, 3.8) is 0 Å². The highest BCUT2D eigenvalue weighted by Crippen LogP contribution is 2.41. The van der Waals surface area contributed by atoms with Gasteiger partial charge in [0.05, 0.1) is 34.4 Å². The second-order valence-electron chi connectivity index (χ2n) is 6.81. The van der Waals surface area contributed by atoms with Gasteiger partial charge in [0.25, 0.3) is 0 Å². The summed E-state index contributed by atoms with van der Waals surface area (Å²) in [6.07, 6.45) is 0. The second-order valence-corrected chi connectivity index (χ2v) is 7.80. The third kappa shape index (κ3) is 4.53. The van der Waals surface area contributed by atoms with Gasteiger partial charge in [-0.2, -0.15) is 10.5 Å². The number of nitrogens with zero attached hydrogens (tertiary/aromatic N) is 2. The zero-order valence-electron chi connectivity index (χ0n) is 17.5. The van der Waals surface area contributed by atoms with Crippen LogP contribution in [-0.4, -0.2) is 23.3 Å². The standard InChI is InChI=1S/C23H20N4O4S/c1-3-30-23(29)20-17(12-32-22-15(10-24)13(2)9-18(28)27-22)31-21(26)16(11-25)19(20)14-7-5-4-6-8-14/h4-9,19H,3,12,26H2,1-2H3,(H,27,28). The lowest BCUT2D eigenvalue weighted by Gasteiger charge is -2.28. The Labute approximate surface area is 189 Å². The molecule has 1 atom stereocenters. The molecule has 0 aliphatic carbocycles. The van der Waals surface area contributed by atoms with E-state index in [1.807, 2.05) is 12.1 Å². The smallest absolute Gasteiger partial charge is 0.338 e. The number of benzene rings is 1. The van der Waals surface area contributed by atoms with Crippen molar-refractivity contribution in [3.8, 4) is 12.1 Å². The van der Waals surface area contributed by atoms with Gasteiger partial charge in [0.2, 0.25) is 11.4 Å². The van der Waals surface area contributed by atoms with E-state index >= 15 is 0 Å². The van der Waals surface area contributed by atoms with Crippen LogP contribution >= 0.6 is 11.8 Å². The topological polar surface area (TPSA) is 142 Å². The minimum absolute atomic E-state index is 0.0744. The van der Waals surface area contributed by atoms with E-state index < -0.39 is 11.9 Å². The number of hydrogen-bond donors (Lipinski definition) is 2. The quantitative estimate of drug-likeness (QED) is 0.507. The third-order valence-corrected chi connectivity index (χ3v) is 5.79. The number of H-pyrrole nitrogens is 1. The molecule has 32 heavy (non-hydrogen) atoms. The lowest BCUT2D eigenvalue weighted by molar-refractivity contribution is -0.139. The number of nitrogens with two attached hydrogens (primary N) is 1. The number of ether oxygens (including phenoxy) is 2. The third-order valence-electron chi connectivity index (χ3n) is 4.79. The van der Waals surface area contributed by atoms with Crippen LogP contribution in [0.1, 0.15) is 29.5 Å². The number of carbonyl (C=O) groups excluding carboxylic acids is 1. The fraction of sp³-hybridized carbons (Fsp3) is 0.217. The van der Waals surface area contributed by atoms with E-state index in [1.165, 1.54) is 6.07 Å². The fourth-order valence-electron chi connectivity index (χ4n) is 3.38. The van der Waals surface area contributed by atoms with Crippen LogP contribution in [0.2, 0.25) is 0 Å². The van der Waals surface area contributed by atoms with Crippen molar-refractivity contribution < 1.29 is 14.3 Å². The maximum atomic E-state index is 13.0. The number of rotatable bonds is 6. The summed E-state index contributed by atoms with van der Waals surface area (Å²) in [7, 11) is 0. The van der Waals surface area contributed by atoms with E-state index in [0.717, 1.165) is 11.8 Å². The van der Waals surface area contributed by atoms with Crippen molar-refractivity contribution in [1.29, 1.82) is 10.5 Å². The molecule has 0 saturated heterocycles. The molecule has 1 aromatic carbocycles. The lowest BCUT2D eigenvalue weighted by Crippen LogP contribution is -2.27. The summed E-state index contributed by atoms with van der Waals surface area (Å²) in [4.78, 5) is 27.5. The SMILES string of the molecule is CCOC(=O)C1=C(CSc2[nH]c(=O)cc(C)c2C#N)OC(N)=C(C#N)C1c1ccccc1. The Kier molecular flexibility index (Phi) is 7.04. The summed E-state index contributed by atoms with van der Waals surface area (Å²) >= 11 is 1.12. The molecule has 9 heteroatoms. The second kappa shape index (κ2) is 9.90. The normalized spacial score (nSPS) is 15.6. The predicted octanol–water partition coefficient (Wildman–Crippen LogP) is 2.97. The molecule has 0 fully saturated rings. The monoisotopic (exact) mass is 448 g/mol. The van der Waals surface area contributed by atoms with Crippen LogP contribution in [0.25, 0.3) is 0 Å². The van der Waals surface area contributed by atoms with Gasteiger partial charge in [-0.3, -0.25) is 4.79 Å². The van der Waals surface area contributed by atoms with Gasteiger partial charge in [-0.25, -0.2) is 4.79 Å². The number of aryl methyl sites for hydroxylation is 1. The average molecular weight is 449 g/mol. The number of nitriles is 2. The molecule has 3 N–H and O–H groups in total. The largest absolute Gasteiger partial charge is 0.463 e. The molecular weight excluding hydrogens is 428 g/mol. The first kappa shape index (κ1) is 22.7. The van der Waals surface area contributed by atoms with Crippen LogP contribution in [0.4, 0.5) is 0 Å². The van der Waals surface area contributed by atoms with Gasteiger partial charge in [-0.1, -0.05) is 42.1 Å². The zero-order valence-corrected chi connectivity index (χ0v) is 18.3. The van der Waals surface area contributed by atoms with Crippen molar-refractivity contribution in [3.05, 3.63) is 86.2 Å². The Hall–Kier alpha value is -3.95. The van der Waals surface area contributed by atoms with Crippen LogP contribution < -0.4 is 11.3 Å². The van der Waals surface area contributed by atoms with Gasteiger partial charge in [0.1, 0.15) is 23.5 Å². The van der Waals surface area contributed by atoms with Gasteiger partial charge in [-0.05, 0) is 25.0 Å². The first-order valence-electron chi connectivity index (χ1n) is 9.70. The maximum absolute atomic E-state index is 13.0. The first-order valence-corrected chi connectivity index (χ1v) is 10.7. The number of hydrogen-bond acceptors (Lipinski definition) is 8. The lowest BCUT2D eigenvalue weighted by atomic mass is 9.83. The highest BCUT2D eigenvalue weighted by molar-refractivity contribution is 7.99. The molecule has 1 unspecified atom stereocenters. The Bertz CT molecular complexity index is 1250. The summed E-state index contributed by atoms with van der Waals surface area (Å²) in [5, 5.41) is 19.5. The van der Waals surface area contributed by atoms with Crippen molar-refractivity contribution in [2.75, 3.05) is 12.4 Å². The minimum atomic E-state index is -0.767. The summed E-state index contributed by atoms with van der Waals surface area (Å²) in [5.74, 6) is -1.23. The van der Waals surface area contributed by atoms with E-state index in [9.17, 15) is 20.1 Å². The molecule has 3 rings (SSSR count). The van der Waals surface area contributed by atoms with E-state index in [-0.39, 0.29) is 40.7 Å². The van der Waals surface area contributed by atoms with Crippen LogP contribution in [-0.2, 0) is 14.3 Å². The number of carbonyl (C=O) groups is 1.